The van der Waals surface area contributed by atoms with E-state index in [1.165, 1.54) is 6.26 Å². The molecule has 0 saturated carbocycles. The standard InChI is InChI=1S/C18H21ClN2O3S/c1-24-12-15-6-4-8-21(15)18-17(10-14(19)11-20-18)13-5-3-7-16(9-13)25(2,22)23/h3,5,7,9-11,15H,4,6,8,12H2,1-2H3. The third kappa shape index (κ3) is 3.97. The van der Waals surface area contributed by atoms with Gasteiger partial charge in [0.15, 0.2) is 9.84 Å². The molecular formula is C18H21ClN2O3S. The number of hydrogen-bond acceptors (Lipinski definition) is 5. The van der Waals surface area contributed by atoms with E-state index in [0.717, 1.165) is 36.3 Å². The smallest absolute Gasteiger partial charge is 0.175 e. The quantitative estimate of drug-likeness (QED) is 0.795. The first-order valence-corrected chi connectivity index (χ1v) is 10.4. The Morgan fingerprint density at radius 2 is 2.16 bits per heavy atom. The molecule has 1 aromatic carbocycles. The van der Waals surface area contributed by atoms with Crippen molar-refractivity contribution in [2.45, 2.75) is 23.8 Å². The maximum atomic E-state index is 11.9. The first-order chi connectivity index (χ1) is 11.9. The molecule has 1 fully saturated rings. The van der Waals surface area contributed by atoms with Gasteiger partial charge in [-0.2, -0.15) is 0 Å². The van der Waals surface area contributed by atoms with E-state index in [1.54, 1.807) is 31.5 Å². The molecule has 1 aliphatic heterocycles. The summed E-state index contributed by atoms with van der Waals surface area (Å²) in [6.07, 6.45) is 4.95. The van der Waals surface area contributed by atoms with Gasteiger partial charge in [-0.25, -0.2) is 13.4 Å². The second-order valence-electron chi connectivity index (χ2n) is 6.27. The lowest BCUT2D eigenvalue weighted by molar-refractivity contribution is 0.180. The number of rotatable bonds is 5. The minimum atomic E-state index is -3.28. The number of benzene rings is 1. The van der Waals surface area contributed by atoms with E-state index in [2.05, 4.69) is 9.88 Å². The summed E-state index contributed by atoms with van der Waals surface area (Å²) in [5.74, 6) is 0.814. The summed E-state index contributed by atoms with van der Waals surface area (Å²) in [5, 5.41) is 0.519. The number of ether oxygens (including phenoxy) is 1. The number of halogens is 1. The van der Waals surface area contributed by atoms with Crippen LogP contribution in [-0.2, 0) is 14.6 Å². The molecule has 1 unspecified atom stereocenters. The van der Waals surface area contributed by atoms with E-state index in [0.29, 0.717) is 11.6 Å². The Balaban J connectivity index is 2.09. The van der Waals surface area contributed by atoms with Gasteiger partial charge in [0.25, 0.3) is 0 Å². The average Bonchev–Trinajstić information content (AvgIpc) is 3.03. The Morgan fingerprint density at radius 1 is 1.36 bits per heavy atom. The summed E-state index contributed by atoms with van der Waals surface area (Å²) in [6.45, 7) is 1.52. The molecule has 1 aromatic heterocycles. The van der Waals surface area contributed by atoms with Crippen LogP contribution in [0.5, 0.6) is 0 Å². The predicted molar refractivity (Wildman–Crippen MR) is 100 cm³/mol. The average molecular weight is 381 g/mol. The lowest BCUT2D eigenvalue weighted by Gasteiger charge is -2.27. The fraction of sp³-hybridized carbons (Fsp3) is 0.389. The molecule has 2 aromatic rings. The highest BCUT2D eigenvalue weighted by molar-refractivity contribution is 7.90. The summed E-state index contributed by atoms with van der Waals surface area (Å²) in [6, 6.07) is 9.00. The Kier molecular flexibility index (Phi) is 5.32. The van der Waals surface area contributed by atoms with Gasteiger partial charge in [-0.05, 0) is 36.6 Å². The molecule has 3 rings (SSSR count). The van der Waals surface area contributed by atoms with Crippen molar-refractivity contribution in [2.75, 3.05) is 31.4 Å². The fourth-order valence-corrected chi connectivity index (χ4v) is 4.07. The summed E-state index contributed by atoms with van der Waals surface area (Å²) >= 11 is 6.18. The molecule has 5 nitrogen and oxygen atoms in total. The van der Waals surface area contributed by atoms with Gasteiger partial charge in [-0.15, -0.1) is 0 Å². The van der Waals surface area contributed by atoms with Crippen LogP contribution in [0.1, 0.15) is 12.8 Å². The molecule has 0 aliphatic carbocycles. The zero-order valence-corrected chi connectivity index (χ0v) is 15.8. The summed E-state index contributed by atoms with van der Waals surface area (Å²) in [7, 11) is -1.58. The summed E-state index contributed by atoms with van der Waals surface area (Å²) in [4.78, 5) is 7.06. The van der Waals surface area contributed by atoms with E-state index in [1.807, 2.05) is 12.1 Å². The first-order valence-electron chi connectivity index (χ1n) is 8.12. The number of anilines is 1. The Hall–Kier alpha value is -1.63. The van der Waals surface area contributed by atoms with Gasteiger partial charge in [0, 0.05) is 31.7 Å². The second kappa shape index (κ2) is 7.32. The highest BCUT2D eigenvalue weighted by atomic mass is 35.5. The number of hydrogen-bond donors (Lipinski definition) is 0. The van der Waals surface area contributed by atoms with Gasteiger partial charge < -0.3 is 9.64 Å². The van der Waals surface area contributed by atoms with Crippen molar-refractivity contribution in [3.8, 4) is 11.1 Å². The van der Waals surface area contributed by atoms with Crippen molar-refractivity contribution < 1.29 is 13.2 Å². The molecule has 0 bridgehead atoms. The summed E-state index contributed by atoms with van der Waals surface area (Å²) < 4.78 is 29.1. The molecule has 2 heterocycles. The molecule has 0 N–H and O–H groups in total. The Labute approximate surface area is 153 Å². The minimum Gasteiger partial charge on any atom is -0.383 e. The van der Waals surface area contributed by atoms with Crippen molar-refractivity contribution in [2.24, 2.45) is 0 Å². The third-order valence-electron chi connectivity index (χ3n) is 4.41. The van der Waals surface area contributed by atoms with Crippen LogP contribution in [0, 0.1) is 0 Å². The monoisotopic (exact) mass is 380 g/mol. The van der Waals surface area contributed by atoms with Crippen molar-refractivity contribution >= 4 is 27.3 Å². The van der Waals surface area contributed by atoms with Crippen LogP contribution in [0.15, 0.2) is 41.4 Å². The van der Waals surface area contributed by atoms with Crippen LogP contribution in [0.3, 0.4) is 0 Å². The normalized spacial score (nSPS) is 17.9. The van der Waals surface area contributed by atoms with Crippen LogP contribution >= 0.6 is 11.6 Å². The van der Waals surface area contributed by atoms with E-state index < -0.39 is 9.84 Å². The molecule has 0 radical (unpaired) electrons. The predicted octanol–water partition coefficient (Wildman–Crippen LogP) is 3.42. The SMILES string of the molecule is COCC1CCCN1c1ncc(Cl)cc1-c1cccc(S(C)(=O)=O)c1. The zero-order valence-electron chi connectivity index (χ0n) is 14.3. The highest BCUT2D eigenvalue weighted by Gasteiger charge is 2.28. The van der Waals surface area contributed by atoms with Gasteiger partial charge >= 0.3 is 0 Å². The Bertz CT molecular complexity index is 870. The first kappa shape index (κ1) is 18.2. The molecule has 0 spiro atoms. The van der Waals surface area contributed by atoms with Gasteiger partial charge in [0.1, 0.15) is 5.82 Å². The van der Waals surface area contributed by atoms with Crippen molar-refractivity contribution in [1.82, 2.24) is 4.98 Å². The van der Waals surface area contributed by atoms with Crippen molar-refractivity contribution in [3.63, 3.8) is 0 Å². The van der Waals surface area contributed by atoms with Gasteiger partial charge in [0.05, 0.1) is 22.6 Å². The van der Waals surface area contributed by atoms with Gasteiger partial charge in [0.2, 0.25) is 0 Å². The van der Waals surface area contributed by atoms with Crippen LogP contribution in [0.25, 0.3) is 11.1 Å². The molecule has 7 heteroatoms. The number of aromatic nitrogens is 1. The summed E-state index contributed by atoms with van der Waals surface area (Å²) in [5.41, 5.74) is 1.62. The third-order valence-corrected chi connectivity index (χ3v) is 5.73. The van der Waals surface area contributed by atoms with E-state index in [4.69, 9.17) is 16.3 Å². The molecule has 134 valence electrons. The van der Waals surface area contributed by atoms with Gasteiger partial charge in [-0.3, -0.25) is 0 Å². The number of sulfone groups is 1. The molecule has 25 heavy (non-hydrogen) atoms. The maximum absolute atomic E-state index is 11.9. The minimum absolute atomic E-state index is 0.260. The molecule has 0 amide bonds. The van der Waals surface area contributed by atoms with E-state index in [9.17, 15) is 8.42 Å². The fourth-order valence-electron chi connectivity index (χ4n) is 3.25. The molecular weight excluding hydrogens is 360 g/mol. The number of pyridine rings is 1. The van der Waals surface area contributed by atoms with Crippen LogP contribution in [0.4, 0.5) is 5.82 Å². The largest absolute Gasteiger partial charge is 0.383 e. The second-order valence-corrected chi connectivity index (χ2v) is 8.72. The number of methoxy groups -OCH3 is 1. The zero-order chi connectivity index (χ0) is 18.0. The van der Waals surface area contributed by atoms with E-state index in [-0.39, 0.29) is 10.9 Å². The van der Waals surface area contributed by atoms with Crippen LogP contribution < -0.4 is 4.90 Å². The number of nitrogens with zero attached hydrogens (tertiary/aromatic N) is 2. The lowest BCUT2D eigenvalue weighted by Crippen LogP contribution is -2.33. The van der Waals surface area contributed by atoms with E-state index >= 15 is 0 Å². The topological polar surface area (TPSA) is 59.5 Å². The lowest BCUT2D eigenvalue weighted by atomic mass is 10.1. The maximum Gasteiger partial charge on any atom is 0.175 e. The van der Waals surface area contributed by atoms with Crippen molar-refractivity contribution in [1.29, 1.82) is 0 Å². The van der Waals surface area contributed by atoms with Crippen molar-refractivity contribution in [3.05, 3.63) is 41.6 Å². The molecule has 1 saturated heterocycles. The highest BCUT2D eigenvalue weighted by Crippen LogP contribution is 2.35. The Morgan fingerprint density at radius 3 is 2.88 bits per heavy atom. The van der Waals surface area contributed by atoms with Crippen LogP contribution in [-0.4, -0.2) is 46.0 Å². The van der Waals surface area contributed by atoms with Gasteiger partial charge in [-0.1, -0.05) is 23.7 Å². The molecule has 1 atom stereocenters. The van der Waals surface area contributed by atoms with Crippen LogP contribution in [0.2, 0.25) is 5.02 Å². The molecule has 1 aliphatic rings.